The first kappa shape index (κ1) is 23.7. The van der Waals surface area contributed by atoms with E-state index in [2.05, 4.69) is 30.2 Å². The molecule has 9 heteroatoms. The molecule has 2 atom stereocenters. The van der Waals surface area contributed by atoms with Crippen LogP contribution in [0.5, 0.6) is 0 Å². The van der Waals surface area contributed by atoms with E-state index in [9.17, 15) is 9.90 Å². The molecule has 1 fully saturated rings. The fourth-order valence-electron chi connectivity index (χ4n) is 3.99. The van der Waals surface area contributed by atoms with E-state index in [1.165, 1.54) is 4.90 Å². The fraction of sp³-hybridized carbons (Fsp3) is 0.565. The Balaban J connectivity index is 1.96. The van der Waals surface area contributed by atoms with Crippen LogP contribution in [0.25, 0.3) is 11.3 Å². The smallest absolute Gasteiger partial charge is 0.407 e. The van der Waals surface area contributed by atoms with E-state index >= 15 is 0 Å². The summed E-state index contributed by atoms with van der Waals surface area (Å²) in [6, 6.07) is 1.88. The van der Waals surface area contributed by atoms with Crippen molar-refractivity contribution in [2.45, 2.75) is 52.7 Å². The normalized spacial score (nSPS) is 18.1. The number of anilines is 2. The summed E-state index contributed by atoms with van der Waals surface area (Å²) in [6.45, 7) is 9.31. The van der Waals surface area contributed by atoms with Crippen LogP contribution in [0.2, 0.25) is 0 Å². The van der Waals surface area contributed by atoms with Gasteiger partial charge in [-0.25, -0.2) is 19.7 Å². The standard InChI is InChI=1S/C23H34N6O3/c1-7-16-21(15-11-24-20(28(5)6)10-14(15)4)25-17(8-2)22(26-16)27-18-12-29(23(30)31)13-19(18)32-9-3/h10-11,18-19H,7-9,12-13H2,1-6H3,(H,26,27)(H,30,31)/t18-,19+/m1/s1. The highest BCUT2D eigenvalue weighted by Gasteiger charge is 2.36. The molecule has 2 N–H and O–H groups in total. The first-order valence-electron chi connectivity index (χ1n) is 11.2. The number of aromatic nitrogens is 3. The summed E-state index contributed by atoms with van der Waals surface area (Å²) in [5, 5.41) is 12.9. The maximum absolute atomic E-state index is 11.5. The summed E-state index contributed by atoms with van der Waals surface area (Å²) in [6.07, 6.45) is 2.12. The Bertz CT molecular complexity index is 965. The summed E-state index contributed by atoms with van der Waals surface area (Å²) < 4.78 is 5.81. The number of carbonyl (C=O) groups is 1. The second-order valence-corrected chi connectivity index (χ2v) is 8.21. The van der Waals surface area contributed by atoms with Crippen molar-refractivity contribution in [2.24, 2.45) is 0 Å². The number of pyridine rings is 1. The molecule has 0 radical (unpaired) electrons. The van der Waals surface area contributed by atoms with Crippen molar-refractivity contribution in [3.63, 3.8) is 0 Å². The molecule has 0 unspecified atom stereocenters. The number of carboxylic acid groups (broad SMARTS) is 1. The van der Waals surface area contributed by atoms with E-state index in [0.717, 1.165) is 40.4 Å². The fourth-order valence-corrected chi connectivity index (χ4v) is 3.99. The van der Waals surface area contributed by atoms with Gasteiger partial charge in [-0.1, -0.05) is 13.8 Å². The molecule has 2 aromatic rings. The molecule has 1 saturated heterocycles. The molecular weight excluding hydrogens is 408 g/mol. The number of ether oxygens (including phenoxy) is 1. The van der Waals surface area contributed by atoms with Crippen molar-refractivity contribution in [3.05, 3.63) is 29.2 Å². The zero-order valence-electron chi connectivity index (χ0n) is 19.8. The maximum Gasteiger partial charge on any atom is 0.407 e. The van der Waals surface area contributed by atoms with Gasteiger partial charge in [0.1, 0.15) is 11.6 Å². The second kappa shape index (κ2) is 10.1. The van der Waals surface area contributed by atoms with Crippen molar-refractivity contribution in [1.82, 2.24) is 19.9 Å². The van der Waals surface area contributed by atoms with Gasteiger partial charge in [0, 0.05) is 39.0 Å². The Morgan fingerprint density at radius 1 is 1.22 bits per heavy atom. The number of hydrogen-bond acceptors (Lipinski definition) is 7. The minimum atomic E-state index is -0.936. The molecule has 3 heterocycles. The number of aryl methyl sites for hydroxylation is 3. The topological polar surface area (TPSA) is 104 Å². The highest BCUT2D eigenvalue weighted by atomic mass is 16.5. The van der Waals surface area contributed by atoms with Crippen LogP contribution in [0.4, 0.5) is 16.4 Å². The number of hydrogen-bond donors (Lipinski definition) is 2. The quantitative estimate of drug-likeness (QED) is 0.642. The zero-order chi connectivity index (χ0) is 23.4. The van der Waals surface area contributed by atoms with E-state index in [0.29, 0.717) is 31.9 Å². The predicted octanol–water partition coefficient (Wildman–Crippen LogP) is 3.22. The zero-order valence-corrected chi connectivity index (χ0v) is 19.8. The Kier molecular flexibility index (Phi) is 7.50. The van der Waals surface area contributed by atoms with E-state index < -0.39 is 6.09 Å². The Morgan fingerprint density at radius 2 is 1.94 bits per heavy atom. The minimum Gasteiger partial charge on any atom is -0.465 e. The molecule has 0 aromatic carbocycles. The van der Waals surface area contributed by atoms with Gasteiger partial charge < -0.3 is 25.0 Å². The van der Waals surface area contributed by atoms with Gasteiger partial charge in [-0.2, -0.15) is 0 Å². The van der Waals surface area contributed by atoms with Gasteiger partial charge in [-0.15, -0.1) is 0 Å². The van der Waals surface area contributed by atoms with Gasteiger partial charge in [0.2, 0.25) is 0 Å². The summed E-state index contributed by atoms with van der Waals surface area (Å²) in [7, 11) is 3.94. The van der Waals surface area contributed by atoms with Crippen LogP contribution < -0.4 is 10.2 Å². The maximum atomic E-state index is 11.5. The number of rotatable bonds is 8. The van der Waals surface area contributed by atoms with Crippen molar-refractivity contribution in [1.29, 1.82) is 0 Å². The molecule has 0 saturated carbocycles. The SMILES string of the molecule is CCO[C@H]1CN(C(=O)O)C[C@H]1Nc1nc(CC)c(-c2cnc(N(C)C)cc2C)nc1CC. The van der Waals surface area contributed by atoms with Gasteiger partial charge in [0.15, 0.2) is 0 Å². The van der Waals surface area contributed by atoms with Crippen LogP contribution in [0, 0.1) is 6.92 Å². The van der Waals surface area contributed by atoms with Crippen molar-refractivity contribution in [2.75, 3.05) is 44.0 Å². The molecule has 9 nitrogen and oxygen atoms in total. The highest BCUT2D eigenvalue weighted by Crippen LogP contribution is 2.29. The molecule has 2 aromatic heterocycles. The summed E-state index contributed by atoms with van der Waals surface area (Å²) in [4.78, 5) is 29.3. The Labute approximate surface area is 189 Å². The largest absolute Gasteiger partial charge is 0.465 e. The molecule has 3 rings (SSSR count). The van der Waals surface area contributed by atoms with Gasteiger partial charge in [0.05, 0.1) is 35.8 Å². The van der Waals surface area contributed by atoms with Crippen LogP contribution in [0.1, 0.15) is 37.7 Å². The predicted molar refractivity (Wildman–Crippen MR) is 126 cm³/mol. The molecular formula is C23H34N6O3. The Hall–Kier alpha value is -2.94. The van der Waals surface area contributed by atoms with E-state index in [1.807, 2.05) is 39.0 Å². The summed E-state index contributed by atoms with van der Waals surface area (Å²) >= 11 is 0. The molecule has 0 bridgehead atoms. The molecule has 0 aliphatic carbocycles. The van der Waals surface area contributed by atoms with E-state index in [4.69, 9.17) is 14.7 Å². The number of nitrogens with one attached hydrogen (secondary N) is 1. The first-order valence-corrected chi connectivity index (χ1v) is 11.2. The third kappa shape index (κ3) is 4.93. The molecule has 1 aliphatic rings. The summed E-state index contributed by atoms with van der Waals surface area (Å²) in [5.41, 5.74) is 4.65. The average Bonchev–Trinajstić information content (AvgIpc) is 3.16. The highest BCUT2D eigenvalue weighted by molar-refractivity contribution is 5.68. The monoisotopic (exact) mass is 442 g/mol. The average molecular weight is 443 g/mol. The lowest BCUT2D eigenvalue weighted by Gasteiger charge is -2.22. The van der Waals surface area contributed by atoms with Crippen LogP contribution in [-0.2, 0) is 17.6 Å². The number of nitrogens with zero attached hydrogens (tertiary/aromatic N) is 5. The van der Waals surface area contributed by atoms with Crippen LogP contribution in [0.15, 0.2) is 12.3 Å². The van der Waals surface area contributed by atoms with Crippen molar-refractivity contribution >= 4 is 17.7 Å². The lowest BCUT2D eigenvalue weighted by Crippen LogP contribution is -2.35. The van der Waals surface area contributed by atoms with Gasteiger partial charge >= 0.3 is 6.09 Å². The van der Waals surface area contributed by atoms with Crippen LogP contribution in [0.3, 0.4) is 0 Å². The third-order valence-corrected chi connectivity index (χ3v) is 5.76. The number of likely N-dealkylation sites (tertiary alicyclic amines) is 1. The van der Waals surface area contributed by atoms with Crippen LogP contribution >= 0.6 is 0 Å². The van der Waals surface area contributed by atoms with Crippen LogP contribution in [-0.4, -0.2) is 77.0 Å². The first-order chi connectivity index (χ1) is 15.3. The Morgan fingerprint density at radius 3 is 2.50 bits per heavy atom. The second-order valence-electron chi connectivity index (χ2n) is 8.21. The van der Waals surface area contributed by atoms with E-state index in [1.54, 1.807) is 0 Å². The van der Waals surface area contributed by atoms with Gasteiger partial charge in [-0.3, -0.25) is 0 Å². The molecule has 32 heavy (non-hydrogen) atoms. The van der Waals surface area contributed by atoms with Gasteiger partial charge in [-0.05, 0) is 38.3 Å². The molecule has 1 aliphatic heterocycles. The lowest BCUT2D eigenvalue weighted by molar-refractivity contribution is 0.0629. The summed E-state index contributed by atoms with van der Waals surface area (Å²) in [5.74, 6) is 1.60. The molecule has 174 valence electrons. The number of amides is 1. The van der Waals surface area contributed by atoms with Crippen molar-refractivity contribution in [3.8, 4) is 11.3 Å². The molecule has 0 spiro atoms. The van der Waals surface area contributed by atoms with E-state index in [-0.39, 0.29) is 12.1 Å². The lowest BCUT2D eigenvalue weighted by atomic mass is 10.0. The molecule has 1 amide bonds. The van der Waals surface area contributed by atoms with Crippen molar-refractivity contribution < 1.29 is 14.6 Å². The third-order valence-electron chi connectivity index (χ3n) is 5.76. The van der Waals surface area contributed by atoms with Gasteiger partial charge in [0.25, 0.3) is 0 Å². The minimum absolute atomic E-state index is 0.177.